The van der Waals surface area contributed by atoms with E-state index in [1.165, 1.54) is 17.5 Å². The van der Waals surface area contributed by atoms with E-state index in [1.807, 2.05) is 6.92 Å². The van der Waals surface area contributed by atoms with Crippen molar-refractivity contribution < 1.29 is 0 Å². The zero-order chi connectivity index (χ0) is 12.5. The summed E-state index contributed by atoms with van der Waals surface area (Å²) in [6, 6.07) is 8.57. The van der Waals surface area contributed by atoms with Crippen LogP contribution in [0, 0.1) is 6.92 Å². The fourth-order valence-electron chi connectivity index (χ4n) is 2.42. The fraction of sp³-hybridized carbons (Fsp3) is 0.286. The Morgan fingerprint density at radius 2 is 1.94 bits per heavy atom. The van der Waals surface area contributed by atoms with Gasteiger partial charge in [-0.3, -0.25) is 0 Å². The van der Waals surface area contributed by atoms with E-state index in [0.29, 0.717) is 5.15 Å². The van der Waals surface area contributed by atoms with E-state index >= 15 is 0 Å². The average Bonchev–Trinajstić information content (AvgIpc) is 2.41. The highest BCUT2D eigenvalue weighted by molar-refractivity contribution is 6.30. The Morgan fingerprint density at radius 1 is 1.17 bits per heavy atom. The van der Waals surface area contributed by atoms with Gasteiger partial charge >= 0.3 is 0 Å². The van der Waals surface area contributed by atoms with E-state index in [0.717, 1.165) is 30.9 Å². The molecule has 1 aliphatic heterocycles. The Hall–Kier alpha value is -1.61. The summed E-state index contributed by atoms with van der Waals surface area (Å²) in [7, 11) is 0. The molecule has 92 valence electrons. The van der Waals surface area contributed by atoms with Gasteiger partial charge in [-0.25, -0.2) is 9.97 Å². The second-order valence-corrected chi connectivity index (χ2v) is 4.91. The SMILES string of the molecule is Cc1c(Cl)ncnc1N1CCc2ccccc2C1. The quantitative estimate of drug-likeness (QED) is 0.738. The van der Waals surface area contributed by atoms with Gasteiger partial charge in [-0.05, 0) is 24.5 Å². The number of nitrogens with zero attached hydrogens (tertiary/aromatic N) is 3. The molecule has 0 amide bonds. The smallest absolute Gasteiger partial charge is 0.137 e. The highest BCUT2D eigenvalue weighted by Gasteiger charge is 2.19. The van der Waals surface area contributed by atoms with Crippen LogP contribution in [-0.2, 0) is 13.0 Å². The highest BCUT2D eigenvalue weighted by Crippen LogP contribution is 2.27. The molecule has 0 unspecified atom stereocenters. The molecule has 2 aromatic rings. The molecule has 1 aromatic heterocycles. The van der Waals surface area contributed by atoms with Crippen LogP contribution >= 0.6 is 11.6 Å². The standard InChI is InChI=1S/C14H14ClN3/c1-10-13(15)16-9-17-14(10)18-7-6-11-4-2-3-5-12(11)8-18/h2-5,9H,6-8H2,1H3. The van der Waals surface area contributed by atoms with Gasteiger partial charge in [0.1, 0.15) is 17.3 Å². The molecule has 18 heavy (non-hydrogen) atoms. The molecule has 0 aliphatic carbocycles. The van der Waals surface area contributed by atoms with Crippen LogP contribution in [0.2, 0.25) is 5.15 Å². The summed E-state index contributed by atoms with van der Waals surface area (Å²) in [5.41, 5.74) is 3.77. The lowest BCUT2D eigenvalue weighted by molar-refractivity contribution is 0.716. The monoisotopic (exact) mass is 259 g/mol. The maximum atomic E-state index is 6.06. The number of fused-ring (bicyclic) bond motifs is 1. The maximum Gasteiger partial charge on any atom is 0.137 e. The molecule has 0 spiro atoms. The number of anilines is 1. The van der Waals surface area contributed by atoms with E-state index in [2.05, 4.69) is 39.1 Å². The van der Waals surface area contributed by atoms with E-state index in [4.69, 9.17) is 11.6 Å². The lowest BCUT2D eigenvalue weighted by Crippen LogP contribution is -2.31. The van der Waals surface area contributed by atoms with Gasteiger partial charge < -0.3 is 4.90 Å². The average molecular weight is 260 g/mol. The van der Waals surface area contributed by atoms with E-state index in [1.54, 1.807) is 0 Å². The molecule has 0 radical (unpaired) electrons. The third kappa shape index (κ3) is 1.95. The topological polar surface area (TPSA) is 29.0 Å². The van der Waals surface area contributed by atoms with Crippen LogP contribution in [0.3, 0.4) is 0 Å². The van der Waals surface area contributed by atoms with Gasteiger partial charge in [-0.15, -0.1) is 0 Å². The van der Waals surface area contributed by atoms with Gasteiger partial charge in [0, 0.05) is 18.7 Å². The van der Waals surface area contributed by atoms with Crippen molar-refractivity contribution in [3.8, 4) is 0 Å². The molecular weight excluding hydrogens is 246 g/mol. The number of hydrogen-bond acceptors (Lipinski definition) is 3. The lowest BCUT2D eigenvalue weighted by atomic mass is 10.00. The van der Waals surface area contributed by atoms with Gasteiger partial charge in [0.2, 0.25) is 0 Å². The number of rotatable bonds is 1. The molecule has 0 bridgehead atoms. The lowest BCUT2D eigenvalue weighted by Gasteiger charge is -2.30. The summed E-state index contributed by atoms with van der Waals surface area (Å²) >= 11 is 6.06. The van der Waals surface area contributed by atoms with Crippen molar-refractivity contribution in [2.75, 3.05) is 11.4 Å². The molecule has 2 heterocycles. The molecule has 0 atom stereocenters. The van der Waals surface area contributed by atoms with Crippen molar-refractivity contribution in [3.05, 3.63) is 52.4 Å². The summed E-state index contributed by atoms with van der Waals surface area (Å²) in [6.07, 6.45) is 2.59. The molecule has 1 aliphatic rings. The van der Waals surface area contributed by atoms with E-state index in [9.17, 15) is 0 Å². The zero-order valence-corrected chi connectivity index (χ0v) is 11.0. The summed E-state index contributed by atoms with van der Waals surface area (Å²) in [5.74, 6) is 0.949. The number of halogens is 1. The maximum absolute atomic E-state index is 6.06. The van der Waals surface area contributed by atoms with Crippen LogP contribution in [0.1, 0.15) is 16.7 Å². The molecule has 3 rings (SSSR count). The van der Waals surface area contributed by atoms with E-state index in [-0.39, 0.29) is 0 Å². The molecule has 0 saturated heterocycles. The van der Waals surface area contributed by atoms with Crippen LogP contribution in [0.25, 0.3) is 0 Å². The Morgan fingerprint density at radius 3 is 2.78 bits per heavy atom. The largest absolute Gasteiger partial charge is 0.352 e. The van der Waals surface area contributed by atoms with Gasteiger partial charge in [-0.2, -0.15) is 0 Å². The Balaban J connectivity index is 1.94. The van der Waals surface area contributed by atoms with E-state index < -0.39 is 0 Å². The summed E-state index contributed by atoms with van der Waals surface area (Å²) in [6.45, 7) is 3.84. The number of hydrogen-bond donors (Lipinski definition) is 0. The summed E-state index contributed by atoms with van der Waals surface area (Å²) in [4.78, 5) is 10.6. The molecule has 3 nitrogen and oxygen atoms in total. The minimum atomic E-state index is 0.541. The third-order valence-corrected chi connectivity index (χ3v) is 3.81. The third-order valence-electron chi connectivity index (χ3n) is 3.43. The first-order valence-electron chi connectivity index (χ1n) is 6.04. The van der Waals surface area contributed by atoms with Crippen LogP contribution < -0.4 is 4.90 Å². The van der Waals surface area contributed by atoms with Crippen molar-refractivity contribution >= 4 is 17.4 Å². The van der Waals surface area contributed by atoms with Crippen LogP contribution in [0.15, 0.2) is 30.6 Å². The zero-order valence-electron chi connectivity index (χ0n) is 10.2. The second kappa shape index (κ2) is 4.58. The molecule has 1 aromatic carbocycles. The first-order chi connectivity index (χ1) is 8.75. The molecule has 0 fully saturated rings. The van der Waals surface area contributed by atoms with Crippen molar-refractivity contribution in [1.29, 1.82) is 0 Å². The molecule has 0 N–H and O–H groups in total. The molecular formula is C14H14ClN3. The highest BCUT2D eigenvalue weighted by atomic mass is 35.5. The predicted molar refractivity (Wildman–Crippen MR) is 73.0 cm³/mol. The van der Waals surface area contributed by atoms with Gasteiger partial charge in [0.05, 0.1) is 0 Å². The minimum Gasteiger partial charge on any atom is -0.352 e. The van der Waals surface area contributed by atoms with Crippen molar-refractivity contribution in [2.45, 2.75) is 19.9 Å². The van der Waals surface area contributed by atoms with Crippen LogP contribution in [0.5, 0.6) is 0 Å². The Labute approximate surface area is 111 Å². The first-order valence-corrected chi connectivity index (χ1v) is 6.42. The first kappa shape index (κ1) is 11.5. The Kier molecular flexibility index (Phi) is 2.92. The fourth-order valence-corrected chi connectivity index (χ4v) is 2.54. The summed E-state index contributed by atoms with van der Waals surface area (Å²) in [5, 5.41) is 0.541. The second-order valence-electron chi connectivity index (χ2n) is 4.55. The minimum absolute atomic E-state index is 0.541. The van der Waals surface area contributed by atoms with Crippen molar-refractivity contribution in [3.63, 3.8) is 0 Å². The van der Waals surface area contributed by atoms with Crippen LogP contribution in [0.4, 0.5) is 5.82 Å². The Bertz CT molecular complexity index is 583. The van der Waals surface area contributed by atoms with Crippen molar-refractivity contribution in [1.82, 2.24) is 9.97 Å². The normalized spacial score (nSPS) is 14.4. The molecule has 4 heteroatoms. The van der Waals surface area contributed by atoms with Crippen LogP contribution in [-0.4, -0.2) is 16.5 Å². The summed E-state index contributed by atoms with van der Waals surface area (Å²) < 4.78 is 0. The van der Waals surface area contributed by atoms with Gasteiger partial charge in [-0.1, -0.05) is 35.9 Å². The van der Waals surface area contributed by atoms with Gasteiger partial charge in [0.15, 0.2) is 0 Å². The van der Waals surface area contributed by atoms with Gasteiger partial charge in [0.25, 0.3) is 0 Å². The number of aromatic nitrogens is 2. The number of benzene rings is 1. The molecule has 0 saturated carbocycles. The predicted octanol–water partition coefficient (Wildman–Crippen LogP) is 3.00. The van der Waals surface area contributed by atoms with Crippen molar-refractivity contribution in [2.24, 2.45) is 0 Å².